The van der Waals surface area contributed by atoms with E-state index in [2.05, 4.69) is 0 Å². The summed E-state index contributed by atoms with van der Waals surface area (Å²) in [6, 6.07) is 6.53. The quantitative estimate of drug-likeness (QED) is 0.790. The lowest BCUT2D eigenvalue weighted by Gasteiger charge is -2.15. The Bertz CT molecular complexity index is 423. The molecular formula is C12H13NO4. The minimum atomic E-state index is -0.681. The van der Waals surface area contributed by atoms with Crippen LogP contribution in [0.25, 0.3) is 0 Å². The van der Waals surface area contributed by atoms with E-state index in [1.807, 2.05) is 0 Å². The van der Waals surface area contributed by atoms with Gasteiger partial charge in [-0.2, -0.15) is 0 Å². The molecule has 1 aliphatic rings. The van der Waals surface area contributed by atoms with Gasteiger partial charge in [0, 0.05) is 0 Å². The molecule has 5 nitrogen and oxygen atoms in total. The molecule has 1 N–H and O–H groups in total. The highest BCUT2D eigenvalue weighted by molar-refractivity contribution is 6.20. The van der Waals surface area contributed by atoms with E-state index in [-0.39, 0.29) is 6.61 Å². The molecular weight excluding hydrogens is 222 g/mol. The van der Waals surface area contributed by atoms with Crippen molar-refractivity contribution in [3.05, 3.63) is 35.4 Å². The number of fused-ring (bicyclic) bond motifs is 1. The van der Waals surface area contributed by atoms with E-state index >= 15 is 0 Å². The number of carbonyl (C=O) groups is 2. The molecule has 1 aliphatic heterocycles. The maximum absolute atomic E-state index is 11.8. The van der Waals surface area contributed by atoms with Crippen LogP contribution in [0.3, 0.4) is 0 Å². The number of benzene rings is 1. The predicted molar refractivity (Wildman–Crippen MR) is 59.2 cm³/mol. The number of amides is 2. The van der Waals surface area contributed by atoms with E-state index in [9.17, 15) is 14.7 Å². The van der Waals surface area contributed by atoms with Gasteiger partial charge in [-0.15, -0.1) is 5.06 Å². The van der Waals surface area contributed by atoms with Gasteiger partial charge < -0.3 is 5.11 Å². The Labute approximate surface area is 98.6 Å². The van der Waals surface area contributed by atoms with Crippen molar-refractivity contribution in [2.45, 2.75) is 19.4 Å². The van der Waals surface area contributed by atoms with Crippen molar-refractivity contribution in [3.63, 3.8) is 0 Å². The van der Waals surface area contributed by atoms with Crippen molar-refractivity contribution in [1.29, 1.82) is 0 Å². The summed E-state index contributed by atoms with van der Waals surface area (Å²) in [6.45, 7) is 1.72. The first kappa shape index (κ1) is 11.8. The molecule has 90 valence electrons. The molecule has 0 bridgehead atoms. The standard InChI is InChI=1S/C12H13NO4/c1-2-8(14)7-17-13-11(15)9-5-3-4-6-10(9)12(13)16/h3-6,8,14H,2,7H2,1H3. The summed E-state index contributed by atoms with van der Waals surface area (Å²) in [6.07, 6.45) is -0.178. The van der Waals surface area contributed by atoms with Crippen LogP contribution in [-0.4, -0.2) is 34.7 Å². The summed E-state index contributed by atoms with van der Waals surface area (Å²) in [4.78, 5) is 28.7. The van der Waals surface area contributed by atoms with Crippen molar-refractivity contribution < 1.29 is 19.5 Å². The largest absolute Gasteiger partial charge is 0.391 e. The molecule has 1 atom stereocenters. The zero-order valence-corrected chi connectivity index (χ0v) is 9.42. The van der Waals surface area contributed by atoms with Crippen molar-refractivity contribution in [2.75, 3.05) is 6.61 Å². The van der Waals surface area contributed by atoms with E-state index in [4.69, 9.17) is 4.84 Å². The summed E-state index contributed by atoms with van der Waals surface area (Å²) in [5, 5.41) is 10.0. The van der Waals surface area contributed by atoms with Crippen LogP contribution in [0.2, 0.25) is 0 Å². The van der Waals surface area contributed by atoms with Crippen molar-refractivity contribution in [1.82, 2.24) is 5.06 Å². The fraction of sp³-hybridized carbons (Fsp3) is 0.333. The first-order chi connectivity index (χ1) is 8.15. The number of carbonyl (C=O) groups excluding carboxylic acids is 2. The lowest BCUT2D eigenvalue weighted by molar-refractivity contribution is -0.116. The van der Waals surface area contributed by atoms with E-state index in [1.54, 1.807) is 31.2 Å². The third-order valence-electron chi connectivity index (χ3n) is 2.62. The second-order valence-electron chi connectivity index (χ2n) is 3.81. The maximum Gasteiger partial charge on any atom is 0.285 e. The summed E-state index contributed by atoms with van der Waals surface area (Å²) in [5.41, 5.74) is 0.673. The molecule has 2 amide bonds. The van der Waals surface area contributed by atoms with Gasteiger partial charge in [0.25, 0.3) is 11.8 Å². The predicted octanol–water partition coefficient (Wildman–Crippen LogP) is 0.985. The number of nitrogens with zero attached hydrogens (tertiary/aromatic N) is 1. The van der Waals surface area contributed by atoms with Crippen LogP contribution in [0, 0.1) is 0 Å². The average molecular weight is 235 g/mol. The number of aliphatic hydroxyl groups excluding tert-OH is 1. The highest BCUT2D eigenvalue weighted by Crippen LogP contribution is 2.22. The zero-order chi connectivity index (χ0) is 12.4. The van der Waals surface area contributed by atoms with Crippen LogP contribution in [0.1, 0.15) is 34.1 Å². The van der Waals surface area contributed by atoms with E-state index in [0.29, 0.717) is 22.6 Å². The summed E-state index contributed by atoms with van der Waals surface area (Å²) in [5.74, 6) is -0.956. The van der Waals surface area contributed by atoms with Crippen LogP contribution >= 0.6 is 0 Å². The SMILES string of the molecule is CCC(O)CON1C(=O)c2ccccc2C1=O. The summed E-state index contributed by atoms with van der Waals surface area (Å²) in [7, 11) is 0. The Morgan fingerprint density at radius 3 is 2.24 bits per heavy atom. The number of hydrogen-bond donors (Lipinski definition) is 1. The van der Waals surface area contributed by atoms with Crippen LogP contribution < -0.4 is 0 Å². The molecule has 0 radical (unpaired) electrons. The summed E-state index contributed by atoms with van der Waals surface area (Å²) < 4.78 is 0. The van der Waals surface area contributed by atoms with Gasteiger partial charge in [-0.3, -0.25) is 14.4 Å². The third-order valence-corrected chi connectivity index (χ3v) is 2.62. The number of hydroxylamine groups is 2. The molecule has 5 heteroatoms. The zero-order valence-electron chi connectivity index (χ0n) is 9.42. The van der Waals surface area contributed by atoms with Crippen LogP contribution in [-0.2, 0) is 4.84 Å². The minimum Gasteiger partial charge on any atom is -0.391 e. The fourth-order valence-electron chi connectivity index (χ4n) is 1.56. The Hall–Kier alpha value is -1.72. The monoisotopic (exact) mass is 235 g/mol. The van der Waals surface area contributed by atoms with Gasteiger partial charge in [0.2, 0.25) is 0 Å². The first-order valence-electron chi connectivity index (χ1n) is 5.44. The topological polar surface area (TPSA) is 66.8 Å². The highest BCUT2D eigenvalue weighted by atomic mass is 16.7. The van der Waals surface area contributed by atoms with E-state index in [1.165, 1.54) is 0 Å². The number of imide groups is 1. The molecule has 17 heavy (non-hydrogen) atoms. The molecule has 0 aromatic heterocycles. The average Bonchev–Trinajstić information content (AvgIpc) is 2.60. The van der Waals surface area contributed by atoms with Crippen molar-refractivity contribution >= 4 is 11.8 Å². The van der Waals surface area contributed by atoms with E-state index < -0.39 is 17.9 Å². The molecule has 0 spiro atoms. The van der Waals surface area contributed by atoms with Crippen molar-refractivity contribution in [3.8, 4) is 0 Å². The van der Waals surface area contributed by atoms with Gasteiger partial charge in [0.1, 0.15) is 6.61 Å². The molecule has 0 saturated heterocycles. The minimum absolute atomic E-state index is 0.0675. The highest BCUT2D eigenvalue weighted by Gasteiger charge is 2.36. The van der Waals surface area contributed by atoms with Gasteiger partial charge in [-0.25, -0.2) is 0 Å². The molecule has 1 aromatic rings. The lowest BCUT2D eigenvalue weighted by Crippen LogP contribution is -2.33. The lowest BCUT2D eigenvalue weighted by atomic mass is 10.1. The summed E-state index contributed by atoms with van der Waals surface area (Å²) >= 11 is 0. The number of hydrogen-bond acceptors (Lipinski definition) is 4. The molecule has 0 fully saturated rings. The van der Waals surface area contributed by atoms with Crippen LogP contribution in [0.4, 0.5) is 0 Å². The smallest absolute Gasteiger partial charge is 0.285 e. The van der Waals surface area contributed by atoms with Crippen LogP contribution in [0.15, 0.2) is 24.3 Å². The Balaban J connectivity index is 2.13. The van der Waals surface area contributed by atoms with Gasteiger partial charge in [0.05, 0.1) is 17.2 Å². The van der Waals surface area contributed by atoms with Crippen molar-refractivity contribution in [2.24, 2.45) is 0 Å². The van der Waals surface area contributed by atoms with Gasteiger partial charge in [-0.1, -0.05) is 19.1 Å². The Morgan fingerprint density at radius 1 is 1.24 bits per heavy atom. The first-order valence-corrected chi connectivity index (χ1v) is 5.44. The third kappa shape index (κ3) is 2.07. The molecule has 1 unspecified atom stereocenters. The van der Waals surface area contributed by atoms with Gasteiger partial charge in [-0.05, 0) is 18.6 Å². The van der Waals surface area contributed by atoms with Gasteiger partial charge >= 0.3 is 0 Å². The molecule has 0 aliphatic carbocycles. The number of aliphatic hydroxyl groups is 1. The maximum atomic E-state index is 11.8. The number of rotatable bonds is 4. The fourth-order valence-corrected chi connectivity index (χ4v) is 1.56. The molecule has 1 aromatic carbocycles. The Morgan fingerprint density at radius 2 is 1.76 bits per heavy atom. The second kappa shape index (κ2) is 4.65. The van der Waals surface area contributed by atoms with Crippen LogP contribution in [0.5, 0.6) is 0 Å². The molecule has 1 heterocycles. The molecule has 0 saturated carbocycles. The normalized spacial score (nSPS) is 16.2. The van der Waals surface area contributed by atoms with Gasteiger partial charge in [0.15, 0.2) is 0 Å². The van der Waals surface area contributed by atoms with E-state index in [0.717, 1.165) is 0 Å². The second-order valence-corrected chi connectivity index (χ2v) is 3.81. The molecule has 2 rings (SSSR count). The Kier molecular flexibility index (Phi) is 3.21.